The summed E-state index contributed by atoms with van der Waals surface area (Å²) >= 11 is 0. The van der Waals surface area contributed by atoms with Crippen LogP contribution in [0.4, 0.5) is 0 Å². The van der Waals surface area contributed by atoms with Gasteiger partial charge in [-0.05, 0) is 30.7 Å². The number of benzene rings is 2. The minimum atomic E-state index is -0.243. The van der Waals surface area contributed by atoms with Crippen LogP contribution in [0.25, 0.3) is 0 Å². The first kappa shape index (κ1) is 19.6. The van der Waals surface area contributed by atoms with Crippen molar-refractivity contribution < 1.29 is 9.59 Å². The number of rotatable bonds is 5. The van der Waals surface area contributed by atoms with E-state index in [9.17, 15) is 9.59 Å². The van der Waals surface area contributed by atoms with Gasteiger partial charge in [0.15, 0.2) is 0 Å². The standard InChI is InChI=1S/C24H29N3O2/c1-3-25-12-14-26(15-13-25)23(28)16-22(19-10-8-18(2)9-11-19)27-17-20-6-4-5-7-21(20)24(27)29/h4-11,22H,3,12-17H2,1-2H3. The summed E-state index contributed by atoms with van der Waals surface area (Å²) in [6, 6.07) is 15.7. The van der Waals surface area contributed by atoms with Gasteiger partial charge >= 0.3 is 0 Å². The monoisotopic (exact) mass is 391 g/mol. The van der Waals surface area contributed by atoms with E-state index in [1.807, 2.05) is 41.0 Å². The van der Waals surface area contributed by atoms with Crippen molar-refractivity contribution in [2.24, 2.45) is 0 Å². The van der Waals surface area contributed by atoms with Crippen molar-refractivity contribution in [3.63, 3.8) is 0 Å². The van der Waals surface area contributed by atoms with Gasteiger partial charge in [0, 0.05) is 38.3 Å². The summed E-state index contributed by atoms with van der Waals surface area (Å²) in [6.07, 6.45) is 0.328. The molecule has 0 aliphatic carbocycles. The molecule has 1 atom stereocenters. The van der Waals surface area contributed by atoms with Crippen molar-refractivity contribution in [2.45, 2.75) is 32.9 Å². The van der Waals surface area contributed by atoms with Crippen LogP contribution in [0.15, 0.2) is 48.5 Å². The third-order valence-corrected chi connectivity index (χ3v) is 6.23. The average Bonchev–Trinajstić information content (AvgIpc) is 3.09. The van der Waals surface area contributed by atoms with Gasteiger partial charge in [-0.3, -0.25) is 9.59 Å². The number of piperazine rings is 1. The predicted octanol–water partition coefficient (Wildman–Crippen LogP) is 3.25. The summed E-state index contributed by atoms with van der Waals surface area (Å²) in [7, 11) is 0. The first-order valence-electron chi connectivity index (χ1n) is 10.5. The Morgan fingerprint density at radius 1 is 1.00 bits per heavy atom. The number of aryl methyl sites for hydroxylation is 1. The minimum Gasteiger partial charge on any atom is -0.340 e. The normalized spacial score (nSPS) is 18.1. The molecule has 2 aromatic rings. The van der Waals surface area contributed by atoms with Crippen LogP contribution in [0.2, 0.25) is 0 Å². The fourth-order valence-corrected chi connectivity index (χ4v) is 4.33. The van der Waals surface area contributed by atoms with E-state index in [0.717, 1.165) is 49.4 Å². The Balaban J connectivity index is 1.56. The molecule has 0 aromatic heterocycles. The van der Waals surface area contributed by atoms with Crippen LogP contribution in [-0.4, -0.2) is 59.2 Å². The third kappa shape index (κ3) is 4.06. The lowest BCUT2D eigenvalue weighted by molar-refractivity contribution is -0.134. The molecule has 1 saturated heterocycles. The maximum absolute atomic E-state index is 13.1. The highest BCUT2D eigenvalue weighted by atomic mass is 16.2. The molecule has 5 nitrogen and oxygen atoms in total. The molecule has 152 valence electrons. The molecule has 0 spiro atoms. The van der Waals surface area contributed by atoms with Crippen LogP contribution < -0.4 is 0 Å². The first-order valence-corrected chi connectivity index (χ1v) is 10.5. The Morgan fingerprint density at radius 3 is 2.34 bits per heavy atom. The Hall–Kier alpha value is -2.66. The Bertz CT molecular complexity index is 885. The predicted molar refractivity (Wildman–Crippen MR) is 114 cm³/mol. The summed E-state index contributed by atoms with van der Waals surface area (Å²) in [6.45, 7) is 9.16. The average molecular weight is 392 g/mol. The van der Waals surface area contributed by atoms with Gasteiger partial charge in [-0.15, -0.1) is 0 Å². The fourth-order valence-electron chi connectivity index (χ4n) is 4.33. The van der Waals surface area contributed by atoms with Crippen LogP contribution in [0.5, 0.6) is 0 Å². The highest BCUT2D eigenvalue weighted by molar-refractivity contribution is 5.98. The van der Waals surface area contributed by atoms with Crippen LogP contribution in [0, 0.1) is 6.92 Å². The first-order chi connectivity index (χ1) is 14.1. The Morgan fingerprint density at radius 2 is 1.69 bits per heavy atom. The zero-order valence-corrected chi connectivity index (χ0v) is 17.3. The zero-order valence-electron chi connectivity index (χ0n) is 17.3. The summed E-state index contributed by atoms with van der Waals surface area (Å²) in [5.74, 6) is 0.157. The van der Waals surface area contributed by atoms with Crippen molar-refractivity contribution in [3.05, 3.63) is 70.8 Å². The summed E-state index contributed by atoms with van der Waals surface area (Å²) < 4.78 is 0. The smallest absolute Gasteiger partial charge is 0.255 e. The van der Waals surface area contributed by atoms with E-state index in [1.165, 1.54) is 5.56 Å². The van der Waals surface area contributed by atoms with E-state index in [-0.39, 0.29) is 17.9 Å². The van der Waals surface area contributed by atoms with Gasteiger partial charge in [0.05, 0.1) is 12.5 Å². The van der Waals surface area contributed by atoms with Crippen molar-refractivity contribution in [2.75, 3.05) is 32.7 Å². The SMILES string of the molecule is CCN1CCN(C(=O)CC(c2ccc(C)cc2)N2Cc3ccccc3C2=O)CC1. The molecule has 2 aliphatic heterocycles. The largest absolute Gasteiger partial charge is 0.340 e. The number of carbonyl (C=O) groups is 2. The second-order valence-electron chi connectivity index (χ2n) is 8.04. The highest BCUT2D eigenvalue weighted by Gasteiger charge is 2.35. The molecule has 2 heterocycles. The molecule has 2 aromatic carbocycles. The fraction of sp³-hybridized carbons (Fsp3) is 0.417. The molecule has 1 unspecified atom stereocenters. The van der Waals surface area contributed by atoms with Crippen LogP contribution in [-0.2, 0) is 11.3 Å². The molecule has 29 heavy (non-hydrogen) atoms. The lowest BCUT2D eigenvalue weighted by atomic mass is 9.99. The number of likely N-dealkylation sites (N-methyl/N-ethyl adjacent to an activating group) is 1. The maximum Gasteiger partial charge on any atom is 0.255 e. The van der Waals surface area contributed by atoms with Gasteiger partial charge < -0.3 is 14.7 Å². The van der Waals surface area contributed by atoms with E-state index in [1.54, 1.807) is 0 Å². The van der Waals surface area contributed by atoms with E-state index in [0.29, 0.717) is 13.0 Å². The van der Waals surface area contributed by atoms with Gasteiger partial charge in [0.2, 0.25) is 5.91 Å². The number of fused-ring (bicyclic) bond motifs is 1. The summed E-state index contributed by atoms with van der Waals surface area (Å²) in [5.41, 5.74) is 4.00. The summed E-state index contributed by atoms with van der Waals surface area (Å²) in [5, 5.41) is 0. The van der Waals surface area contributed by atoms with Gasteiger partial charge in [0.25, 0.3) is 5.91 Å². The quantitative estimate of drug-likeness (QED) is 0.786. The number of amides is 2. The number of hydrogen-bond acceptors (Lipinski definition) is 3. The Labute approximate surface area is 172 Å². The molecule has 2 aliphatic rings. The number of carbonyl (C=O) groups excluding carboxylic acids is 2. The van der Waals surface area contributed by atoms with Crippen LogP contribution in [0.1, 0.15) is 46.4 Å². The van der Waals surface area contributed by atoms with Crippen molar-refractivity contribution >= 4 is 11.8 Å². The topological polar surface area (TPSA) is 43.9 Å². The minimum absolute atomic E-state index is 0.0229. The Kier molecular flexibility index (Phi) is 5.67. The molecule has 1 fully saturated rings. The van der Waals surface area contributed by atoms with Crippen LogP contribution in [0.3, 0.4) is 0 Å². The van der Waals surface area contributed by atoms with Gasteiger partial charge in [0.1, 0.15) is 0 Å². The number of hydrogen-bond donors (Lipinski definition) is 0. The number of nitrogens with zero attached hydrogens (tertiary/aromatic N) is 3. The maximum atomic E-state index is 13.1. The molecule has 5 heteroatoms. The molecule has 2 amide bonds. The van der Waals surface area contributed by atoms with Gasteiger partial charge in [-0.2, -0.15) is 0 Å². The lowest BCUT2D eigenvalue weighted by Crippen LogP contribution is -2.49. The summed E-state index contributed by atoms with van der Waals surface area (Å²) in [4.78, 5) is 32.5. The second-order valence-corrected chi connectivity index (χ2v) is 8.04. The molecule has 0 bridgehead atoms. The van der Waals surface area contributed by atoms with E-state index < -0.39 is 0 Å². The van der Waals surface area contributed by atoms with Gasteiger partial charge in [-0.25, -0.2) is 0 Å². The lowest BCUT2D eigenvalue weighted by Gasteiger charge is -2.36. The van der Waals surface area contributed by atoms with Crippen molar-refractivity contribution in [1.29, 1.82) is 0 Å². The molecular formula is C24H29N3O2. The van der Waals surface area contributed by atoms with E-state index in [4.69, 9.17) is 0 Å². The van der Waals surface area contributed by atoms with Crippen molar-refractivity contribution in [1.82, 2.24) is 14.7 Å². The van der Waals surface area contributed by atoms with Crippen LogP contribution >= 0.6 is 0 Å². The zero-order chi connectivity index (χ0) is 20.4. The second kappa shape index (κ2) is 8.37. The third-order valence-electron chi connectivity index (χ3n) is 6.23. The molecule has 4 rings (SSSR count). The molecule has 0 saturated carbocycles. The van der Waals surface area contributed by atoms with E-state index >= 15 is 0 Å². The highest BCUT2D eigenvalue weighted by Crippen LogP contribution is 2.34. The molecule has 0 radical (unpaired) electrons. The van der Waals surface area contributed by atoms with Gasteiger partial charge in [-0.1, -0.05) is 55.0 Å². The molecular weight excluding hydrogens is 362 g/mol. The van der Waals surface area contributed by atoms with Crippen molar-refractivity contribution in [3.8, 4) is 0 Å². The van der Waals surface area contributed by atoms with E-state index in [2.05, 4.69) is 36.1 Å². The molecule has 0 N–H and O–H groups in total.